The van der Waals surface area contributed by atoms with Crippen LogP contribution in [0.4, 0.5) is 0 Å². The summed E-state index contributed by atoms with van der Waals surface area (Å²) in [6, 6.07) is 7.80. The maximum Gasteiger partial charge on any atom is 0.163 e. The van der Waals surface area contributed by atoms with E-state index in [2.05, 4.69) is 13.8 Å². The zero-order chi connectivity index (χ0) is 22.4. The molecule has 1 aromatic rings. The van der Waals surface area contributed by atoms with Gasteiger partial charge in [0.2, 0.25) is 0 Å². The molecule has 4 nitrogen and oxygen atoms in total. The smallest absolute Gasteiger partial charge is 0.163 e. The van der Waals surface area contributed by atoms with Crippen molar-refractivity contribution in [2.45, 2.75) is 79.1 Å². The highest BCUT2D eigenvalue weighted by atomic mass is 16.3. The van der Waals surface area contributed by atoms with Crippen molar-refractivity contribution in [3.63, 3.8) is 0 Å². The highest BCUT2D eigenvalue weighted by Gasteiger charge is 2.48. The predicted octanol–water partition coefficient (Wildman–Crippen LogP) is 5.67. The number of rotatable bonds is 4. The SMILES string of the molecule is CC(C)c1ccc(C(C2=C(O)CC(C)(C)CC2=O)C2C(=O)CC(C)(C)CC2=O)cc1. The van der Waals surface area contributed by atoms with E-state index in [1.54, 1.807) is 0 Å². The lowest BCUT2D eigenvalue weighted by molar-refractivity contribution is -0.140. The molecule has 162 valence electrons. The molecule has 1 saturated carbocycles. The minimum absolute atomic E-state index is 0.0274. The second-order valence-electron chi connectivity index (χ2n) is 11.0. The fourth-order valence-electron chi connectivity index (χ4n) is 5.05. The Morgan fingerprint density at radius 1 is 0.800 bits per heavy atom. The molecule has 30 heavy (non-hydrogen) atoms. The Morgan fingerprint density at radius 2 is 1.27 bits per heavy atom. The van der Waals surface area contributed by atoms with Gasteiger partial charge >= 0.3 is 0 Å². The Bertz CT molecular complexity index is 879. The normalized spacial score (nSPS) is 23.2. The van der Waals surface area contributed by atoms with Gasteiger partial charge in [-0.05, 0) is 27.9 Å². The van der Waals surface area contributed by atoms with E-state index in [1.807, 2.05) is 52.0 Å². The van der Waals surface area contributed by atoms with Crippen LogP contribution in [-0.4, -0.2) is 22.5 Å². The van der Waals surface area contributed by atoms with Gasteiger partial charge in [0, 0.05) is 37.2 Å². The Labute approximate surface area is 179 Å². The number of hydrogen-bond donors (Lipinski definition) is 1. The van der Waals surface area contributed by atoms with Crippen LogP contribution < -0.4 is 0 Å². The van der Waals surface area contributed by atoms with E-state index in [9.17, 15) is 19.5 Å². The zero-order valence-corrected chi connectivity index (χ0v) is 19.0. The standard InChI is InChI=1S/C26H34O4/c1-15(2)16-7-9-17(10-8-16)22(23-18(27)11-25(3,4)12-19(23)28)24-20(29)13-26(5,6)14-21(24)30/h7-10,15,22-23,29H,11-14H2,1-6H3. The first kappa shape index (κ1) is 22.5. The number of carbonyl (C=O) groups is 3. The summed E-state index contributed by atoms with van der Waals surface area (Å²) in [5, 5.41) is 10.9. The third-order valence-electron chi connectivity index (χ3n) is 6.50. The van der Waals surface area contributed by atoms with E-state index in [1.165, 1.54) is 0 Å². The van der Waals surface area contributed by atoms with E-state index >= 15 is 0 Å². The zero-order valence-electron chi connectivity index (χ0n) is 19.0. The average molecular weight is 411 g/mol. The summed E-state index contributed by atoms with van der Waals surface area (Å²) in [5.74, 6) is -1.68. The van der Waals surface area contributed by atoms with Crippen molar-refractivity contribution in [1.29, 1.82) is 0 Å². The highest BCUT2D eigenvalue weighted by molar-refractivity contribution is 6.09. The largest absolute Gasteiger partial charge is 0.512 e. The monoisotopic (exact) mass is 410 g/mol. The van der Waals surface area contributed by atoms with Crippen molar-refractivity contribution in [3.05, 3.63) is 46.7 Å². The van der Waals surface area contributed by atoms with Crippen LogP contribution in [0, 0.1) is 16.7 Å². The number of ketones is 3. The van der Waals surface area contributed by atoms with E-state index in [0.29, 0.717) is 31.6 Å². The summed E-state index contributed by atoms with van der Waals surface area (Å²) >= 11 is 0. The van der Waals surface area contributed by atoms with Gasteiger partial charge in [0.15, 0.2) is 5.78 Å². The molecule has 0 saturated heterocycles. The number of allylic oxidation sites excluding steroid dienone is 2. The maximum atomic E-state index is 13.2. The molecule has 1 N–H and O–H groups in total. The summed E-state index contributed by atoms with van der Waals surface area (Å²) in [4.78, 5) is 39.5. The molecule has 1 unspecified atom stereocenters. The molecule has 0 amide bonds. The van der Waals surface area contributed by atoms with Crippen LogP contribution in [0.3, 0.4) is 0 Å². The fraction of sp³-hybridized carbons (Fsp3) is 0.577. The van der Waals surface area contributed by atoms with Gasteiger partial charge < -0.3 is 5.11 Å². The quantitative estimate of drug-likeness (QED) is 0.649. The first-order chi connectivity index (χ1) is 13.8. The Kier molecular flexibility index (Phi) is 5.83. The summed E-state index contributed by atoms with van der Waals surface area (Å²) in [7, 11) is 0. The molecular formula is C26H34O4. The Morgan fingerprint density at radius 3 is 1.73 bits per heavy atom. The minimum atomic E-state index is -0.912. The average Bonchev–Trinajstić information content (AvgIpc) is 2.57. The molecule has 2 aliphatic carbocycles. The van der Waals surface area contributed by atoms with Crippen molar-refractivity contribution in [2.75, 3.05) is 0 Å². The first-order valence-electron chi connectivity index (χ1n) is 10.9. The van der Waals surface area contributed by atoms with Crippen LogP contribution in [0.1, 0.15) is 90.2 Å². The molecule has 0 radical (unpaired) electrons. The van der Waals surface area contributed by atoms with E-state index in [-0.39, 0.29) is 39.5 Å². The summed E-state index contributed by atoms with van der Waals surface area (Å²) in [6.07, 6.45) is 1.28. The van der Waals surface area contributed by atoms with E-state index < -0.39 is 11.8 Å². The molecule has 1 aromatic carbocycles. The van der Waals surface area contributed by atoms with Gasteiger partial charge in [-0.3, -0.25) is 14.4 Å². The second kappa shape index (κ2) is 7.79. The van der Waals surface area contributed by atoms with Crippen LogP contribution in [-0.2, 0) is 14.4 Å². The summed E-state index contributed by atoms with van der Waals surface area (Å²) < 4.78 is 0. The van der Waals surface area contributed by atoms with Gasteiger partial charge in [-0.15, -0.1) is 0 Å². The van der Waals surface area contributed by atoms with Crippen molar-refractivity contribution in [1.82, 2.24) is 0 Å². The van der Waals surface area contributed by atoms with Gasteiger partial charge in [0.25, 0.3) is 0 Å². The van der Waals surface area contributed by atoms with Crippen molar-refractivity contribution >= 4 is 17.3 Å². The Balaban J connectivity index is 2.14. The molecular weight excluding hydrogens is 376 g/mol. The maximum absolute atomic E-state index is 13.2. The van der Waals surface area contributed by atoms with Crippen LogP contribution in [0.2, 0.25) is 0 Å². The van der Waals surface area contributed by atoms with Crippen LogP contribution >= 0.6 is 0 Å². The van der Waals surface area contributed by atoms with Crippen LogP contribution in [0.15, 0.2) is 35.6 Å². The minimum Gasteiger partial charge on any atom is -0.512 e. The third kappa shape index (κ3) is 4.43. The van der Waals surface area contributed by atoms with Crippen molar-refractivity contribution in [3.8, 4) is 0 Å². The van der Waals surface area contributed by atoms with E-state index in [0.717, 1.165) is 11.1 Å². The molecule has 0 spiro atoms. The Hall–Kier alpha value is -2.23. The van der Waals surface area contributed by atoms with Gasteiger partial charge in [-0.25, -0.2) is 0 Å². The lowest BCUT2D eigenvalue weighted by Crippen LogP contribution is -2.43. The summed E-state index contributed by atoms with van der Waals surface area (Å²) in [5.41, 5.74) is 1.46. The number of carbonyl (C=O) groups excluding carboxylic acids is 3. The van der Waals surface area contributed by atoms with Gasteiger partial charge in [-0.1, -0.05) is 65.8 Å². The lowest BCUT2D eigenvalue weighted by Gasteiger charge is -2.39. The van der Waals surface area contributed by atoms with Crippen molar-refractivity contribution in [2.24, 2.45) is 16.7 Å². The molecule has 3 rings (SSSR count). The molecule has 1 atom stereocenters. The molecule has 4 heteroatoms. The molecule has 0 aliphatic heterocycles. The lowest BCUT2D eigenvalue weighted by atomic mass is 9.62. The van der Waals surface area contributed by atoms with E-state index in [4.69, 9.17) is 0 Å². The number of aliphatic hydroxyl groups excluding tert-OH is 1. The number of hydrogen-bond acceptors (Lipinski definition) is 4. The first-order valence-corrected chi connectivity index (χ1v) is 10.9. The fourth-order valence-corrected chi connectivity index (χ4v) is 5.05. The highest BCUT2D eigenvalue weighted by Crippen LogP contribution is 2.47. The molecule has 0 aromatic heterocycles. The van der Waals surface area contributed by atoms with Crippen molar-refractivity contribution < 1.29 is 19.5 Å². The molecule has 0 bridgehead atoms. The van der Waals surface area contributed by atoms with Crippen LogP contribution in [0.25, 0.3) is 0 Å². The van der Waals surface area contributed by atoms with Crippen LogP contribution in [0.5, 0.6) is 0 Å². The number of Topliss-reactive ketones (excluding diaryl/α,β-unsaturated/α-hetero) is 3. The van der Waals surface area contributed by atoms with Gasteiger partial charge in [0.05, 0.1) is 5.92 Å². The molecule has 2 aliphatic rings. The second-order valence-corrected chi connectivity index (χ2v) is 11.0. The third-order valence-corrected chi connectivity index (χ3v) is 6.50. The van der Waals surface area contributed by atoms with Gasteiger partial charge in [-0.2, -0.15) is 0 Å². The summed E-state index contributed by atoms with van der Waals surface area (Å²) in [6.45, 7) is 12.0. The topological polar surface area (TPSA) is 71.4 Å². The predicted molar refractivity (Wildman–Crippen MR) is 117 cm³/mol. The molecule has 0 heterocycles. The molecule has 1 fully saturated rings. The number of aliphatic hydroxyl groups is 1. The number of benzene rings is 1. The van der Waals surface area contributed by atoms with Gasteiger partial charge in [0.1, 0.15) is 17.3 Å².